The molecule has 0 radical (unpaired) electrons. The molecule has 0 spiro atoms. The Morgan fingerprint density at radius 3 is 2.76 bits per heavy atom. The summed E-state index contributed by atoms with van der Waals surface area (Å²) >= 11 is 1.11. The summed E-state index contributed by atoms with van der Waals surface area (Å²) in [5, 5.41) is 4.32. The molecule has 9 nitrogen and oxygen atoms in total. The number of aromatic nitrogens is 1. The maximum Gasteiger partial charge on any atom is 0.325 e. The Morgan fingerprint density at radius 2 is 1.97 bits per heavy atom. The van der Waals surface area contributed by atoms with Gasteiger partial charge in [0, 0.05) is 17.9 Å². The topological polar surface area (TPSA) is 107 Å². The van der Waals surface area contributed by atoms with Crippen molar-refractivity contribution in [1.29, 1.82) is 0 Å². The number of carbonyl (C=O) groups is 3. The van der Waals surface area contributed by atoms with Crippen molar-refractivity contribution in [1.82, 2.24) is 10.3 Å². The van der Waals surface area contributed by atoms with E-state index in [-0.39, 0.29) is 30.8 Å². The highest BCUT2D eigenvalue weighted by Gasteiger charge is 2.21. The first-order valence-electron chi connectivity index (χ1n) is 9.75. The summed E-state index contributed by atoms with van der Waals surface area (Å²) in [5.41, 5.74) is 0.774. The number of rotatable bonds is 7. The lowest BCUT2D eigenvalue weighted by Crippen LogP contribution is -2.30. The van der Waals surface area contributed by atoms with Crippen LogP contribution in [-0.4, -0.2) is 36.1 Å². The molecule has 1 aromatic heterocycles. The lowest BCUT2D eigenvalue weighted by Gasteiger charge is -2.18. The second-order valence-electron chi connectivity index (χ2n) is 6.84. The van der Waals surface area contributed by atoms with Gasteiger partial charge >= 0.3 is 5.97 Å². The van der Waals surface area contributed by atoms with Gasteiger partial charge in [-0.15, -0.1) is 11.3 Å². The Bertz CT molecular complexity index is 1210. The molecule has 2 heterocycles. The van der Waals surface area contributed by atoms with Crippen molar-refractivity contribution >= 4 is 39.9 Å². The average molecular weight is 471 g/mol. The second kappa shape index (κ2) is 9.65. The van der Waals surface area contributed by atoms with Gasteiger partial charge in [0.2, 0.25) is 12.7 Å². The van der Waals surface area contributed by atoms with E-state index in [1.54, 1.807) is 23.6 Å². The van der Waals surface area contributed by atoms with Gasteiger partial charge in [0.05, 0.1) is 11.4 Å². The van der Waals surface area contributed by atoms with Crippen LogP contribution >= 0.6 is 11.3 Å². The summed E-state index contributed by atoms with van der Waals surface area (Å²) in [6, 6.07) is 10.6. The van der Waals surface area contributed by atoms with Crippen molar-refractivity contribution in [2.45, 2.75) is 13.5 Å². The molecular formula is C22H18FN3O6S. The SMILES string of the molecule is CC(=O)N(c1nc(COC(=O)CNC(=O)c2ccc3c(c2)OCO3)cs1)c1ccccc1F. The van der Waals surface area contributed by atoms with E-state index < -0.39 is 23.6 Å². The van der Waals surface area contributed by atoms with E-state index in [2.05, 4.69) is 10.3 Å². The van der Waals surface area contributed by atoms with Gasteiger partial charge in [-0.25, -0.2) is 9.37 Å². The van der Waals surface area contributed by atoms with Gasteiger partial charge in [-0.05, 0) is 30.3 Å². The second-order valence-corrected chi connectivity index (χ2v) is 7.68. The van der Waals surface area contributed by atoms with Crippen molar-refractivity contribution < 1.29 is 33.0 Å². The lowest BCUT2D eigenvalue weighted by atomic mass is 10.2. The van der Waals surface area contributed by atoms with Crippen LogP contribution in [0.2, 0.25) is 0 Å². The molecule has 0 bridgehead atoms. The fourth-order valence-corrected chi connectivity index (χ4v) is 3.87. The van der Waals surface area contributed by atoms with Crippen LogP contribution in [0.15, 0.2) is 47.8 Å². The molecule has 0 saturated heterocycles. The number of hydrogen-bond acceptors (Lipinski definition) is 8. The van der Waals surface area contributed by atoms with E-state index >= 15 is 0 Å². The normalized spacial score (nSPS) is 11.7. The summed E-state index contributed by atoms with van der Waals surface area (Å²) in [6.07, 6.45) is 0. The van der Waals surface area contributed by atoms with Crippen LogP contribution in [-0.2, 0) is 20.9 Å². The zero-order valence-electron chi connectivity index (χ0n) is 17.4. The summed E-state index contributed by atoms with van der Waals surface area (Å²) in [4.78, 5) is 41.8. The summed E-state index contributed by atoms with van der Waals surface area (Å²) in [5.74, 6) is -1.11. The Kier molecular flexibility index (Phi) is 6.50. The van der Waals surface area contributed by atoms with E-state index in [0.717, 1.165) is 16.2 Å². The number of nitrogens with one attached hydrogen (secondary N) is 1. The molecule has 0 saturated carbocycles. The molecule has 1 aliphatic heterocycles. The summed E-state index contributed by atoms with van der Waals surface area (Å²) in [7, 11) is 0. The quantitative estimate of drug-likeness (QED) is 0.528. The third-order valence-electron chi connectivity index (χ3n) is 4.55. The fourth-order valence-electron chi connectivity index (χ4n) is 3.00. The average Bonchev–Trinajstić information content (AvgIpc) is 3.46. The number of thiazole rings is 1. The van der Waals surface area contributed by atoms with Crippen LogP contribution in [0.4, 0.5) is 15.2 Å². The van der Waals surface area contributed by atoms with Gasteiger partial charge in [0.15, 0.2) is 16.6 Å². The van der Waals surface area contributed by atoms with Crippen molar-refractivity contribution in [2.75, 3.05) is 18.2 Å². The molecule has 170 valence electrons. The summed E-state index contributed by atoms with van der Waals surface area (Å²) in [6.45, 7) is 0.878. The Labute approximate surface area is 191 Å². The monoisotopic (exact) mass is 471 g/mol. The Morgan fingerprint density at radius 1 is 1.18 bits per heavy atom. The molecule has 0 unspecified atom stereocenters. The largest absolute Gasteiger partial charge is 0.458 e. The van der Waals surface area contributed by atoms with Crippen LogP contribution in [0.5, 0.6) is 11.5 Å². The molecular weight excluding hydrogens is 453 g/mol. The number of carbonyl (C=O) groups excluding carboxylic acids is 3. The molecule has 0 aliphatic carbocycles. The summed E-state index contributed by atoms with van der Waals surface area (Å²) < 4.78 is 29.7. The van der Waals surface area contributed by atoms with E-state index in [4.69, 9.17) is 14.2 Å². The molecule has 4 rings (SSSR count). The predicted octanol–water partition coefficient (Wildman–Crippen LogP) is 3.17. The Balaban J connectivity index is 1.31. The molecule has 0 atom stereocenters. The lowest BCUT2D eigenvalue weighted by molar-refractivity contribution is -0.143. The highest BCUT2D eigenvalue weighted by molar-refractivity contribution is 7.14. The first kappa shape index (κ1) is 22.2. The number of esters is 1. The van der Waals surface area contributed by atoms with Crippen LogP contribution in [0.1, 0.15) is 23.0 Å². The molecule has 0 fully saturated rings. The van der Waals surface area contributed by atoms with Gasteiger partial charge < -0.3 is 19.5 Å². The van der Waals surface area contributed by atoms with Crippen LogP contribution in [0.25, 0.3) is 0 Å². The zero-order valence-corrected chi connectivity index (χ0v) is 18.2. The standard InChI is InChI=1S/C22H18FN3O6S/c1-13(27)26(17-5-3-2-4-16(17)23)22-25-15(11-33-22)10-30-20(28)9-24-21(29)14-6-7-18-19(8-14)32-12-31-18/h2-8,11H,9-10,12H2,1H3,(H,24,29). The molecule has 1 N–H and O–H groups in total. The first-order chi connectivity index (χ1) is 15.9. The van der Waals surface area contributed by atoms with Crippen molar-refractivity contribution in [3.8, 4) is 11.5 Å². The maximum atomic E-state index is 14.2. The Hall–Kier alpha value is -3.99. The van der Waals surface area contributed by atoms with E-state index in [0.29, 0.717) is 22.8 Å². The molecule has 3 aromatic rings. The van der Waals surface area contributed by atoms with Crippen LogP contribution in [0, 0.1) is 5.82 Å². The predicted molar refractivity (Wildman–Crippen MR) is 116 cm³/mol. The number of nitrogens with zero attached hydrogens (tertiary/aromatic N) is 2. The van der Waals surface area contributed by atoms with E-state index in [1.165, 1.54) is 31.2 Å². The minimum absolute atomic E-state index is 0.0779. The number of benzene rings is 2. The van der Waals surface area contributed by atoms with Gasteiger partial charge in [0.1, 0.15) is 19.0 Å². The number of ether oxygens (including phenoxy) is 3. The molecule has 33 heavy (non-hydrogen) atoms. The first-order valence-corrected chi connectivity index (χ1v) is 10.6. The van der Waals surface area contributed by atoms with Crippen LogP contribution in [0.3, 0.4) is 0 Å². The smallest absolute Gasteiger partial charge is 0.325 e. The zero-order chi connectivity index (χ0) is 23.4. The highest BCUT2D eigenvalue weighted by Crippen LogP contribution is 2.32. The number of fused-ring (bicyclic) bond motifs is 1. The fraction of sp³-hybridized carbons (Fsp3) is 0.182. The third kappa shape index (κ3) is 5.09. The van der Waals surface area contributed by atoms with Gasteiger partial charge in [-0.2, -0.15) is 0 Å². The third-order valence-corrected chi connectivity index (χ3v) is 5.42. The van der Waals surface area contributed by atoms with Gasteiger partial charge in [-0.3, -0.25) is 19.3 Å². The van der Waals surface area contributed by atoms with Crippen LogP contribution < -0.4 is 19.7 Å². The molecule has 2 amide bonds. The number of hydrogen-bond donors (Lipinski definition) is 1. The number of para-hydroxylation sites is 1. The molecule has 2 aromatic carbocycles. The minimum atomic E-state index is -0.670. The molecule has 11 heteroatoms. The van der Waals surface area contributed by atoms with E-state index in [1.807, 2.05) is 0 Å². The number of anilines is 2. The van der Waals surface area contributed by atoms with Gasteiger partial charge in [0.25, 0.3) is 5.91 Å². The van der Waals surface area contributed by atoms with Gasteiger partial charge in [-0.1, -0.05) is 12.1 Å². The van der Waals surface area contributed by atoms with Crippen molar-refractivity contribution in [2.24, 2.45) is 0 Å². The van der Waals surface area contributed by atoms with E-state index in [9.17, 15) is 18.8 Å². The maximum absolute atomic E-state index is 14.2. The minimum Gasteiger partial charge on any atom is -0.458 e. The number of halogens is 1. The number of amides is 2. The van der Waals surface area contributed by atoms with Crippen molar-refractivity contribution in [3.05, 3.63) is 64.9 Å². The van der Waals surface area contributed by atoms with Crippen molar-refractivity contribution in [3.63, 3.8) is 0 Å². The molecule has 1 aliphatic rings. The highest BCUT2D eigenvalue weighted by atomic mass is 32.1.